The highest BCUT2D eigenvalue weighted by atomic mass is 35.5. The van der Waals surface area contributed by atoms with Crippen molar-refractivity contribution < 1.29 is 28.2 Å². The first-order valence-electron chi connectivity index (χ1n) is 7.09. The van der Waals surface area contributed by atoms with E-state index in [0.29, 0.717) is 0 Å². The molecule has 1 N–H and O–H groups in total. The third-order valence-electron chi connectivity index (χ3n) is 3.17. The van der Waals surface area contributed by atoms with Gasteiger partial charge in [0.25, 0.3) is 5.91 Å². The predicted octanol–water partition coefficient (Wildman–Crippen LogP) is 3.29. The molecule has 2 aromatic carbocycles. The van der Waals surface area contributed by atoms with Gasteiger partial charge in [-0.2, -0.15) is 0 Å². The Balaban J connectivity index is 2.04. The second-order valence-corrected chi connectivity index (χ2v) is 5.19. The zero-order valence-corrected chi connectivity index (χ0v) is 14.2. The van der Waals surface area contributed by atoms with Gasteiger partial charge in [-0.3, -0.25) is 4.79 Å². The van der Waals surface area contributed by atoms with Gasteiger partial charge in [-0.1, -0.05) is 17.7 Å². The number of benzene rings is 2. The lowest BCUT2D eigenvalue weighted by Gasteiger charge is -2.12. The molecule has 0 saturated heterocycles. The number of rotatable bonds is 6. The van der Waals surface area contributed by atoms with E-state index in [2.05, 4.69) is 5.32 Å². The summed E-state index contributed by atoms with van der Waals surface area (Å²) in [6, 6.07) is 8.29. The van der Waals surface area contributed by atoms with Gasteiger partial charge in [-0.15, -0.1) is 0 Å². The number of halogens is 2. The second kappa shape index (κ2) is 8.34. The molecule has 0 aliphatic rings. The smallest absolute Gasteiger partial charge is 0.346 e. The first kappa shape index (κ1) is 18.5. The van der Waals surface area contributed by atoms with Crippen molar-refractivity contribution in [2.75, 3.05) is 26.1 Å². The largest absolute Gasteiger partial charge is 0.496 e. The topological polar surface area (TPSA) is 73.9 Å². The lowest BCUT2D eigenvalue weighted by molar-refractivity contribution is -0.119. The van der Waals surface area contributed by atoms with Gasteiger partial charge in [0, 0.05) is 0 Å². The molecule has 0 heterocycles. The Bertz CT molecular complexity index is 774. The summed E-state index contributed by atoms with van der Waals surface area (Å²) in [5.41, 5.74) is 0.277. The summed E-state index contributed by atoms with van der Waals surface area (Å²) in [7, 11) is 2.80. The van der Waals surface area contributed by atoms with E-state index in [-0.39, 0.29) is 27.8 Å². The van der Waals surface area contributed by atoms with E-state index in [9.17, 15) is 14.0 Å². The van der Waals surface area contributed by atoms with Crippen molar-refractivity contribution in [2.24, 2.45) is 0 Å². The summed E-state index contributed by atoms with van der Waals surface area (Å²) in [4.78, 5) is 24.1. The molecule has 0 fully saturated rings. The predicted molar refractivity (Wildman–Crippen MR) is 89.9 cm³/mol. The van der Waals surface area contributed by atoms with Gasteiger partial charge in [0.1, 0.15) is 22.9 Å². The van der Waals surface area contributed by atoms with Crippen LogP contribution in [0.2, 0.25) is 5.02 Å². The highest BCUT2D eigenvalue weighted by Gasteiger charge is 2.20. The number of methoxy groups -OCH3 is 2. The lowest BCUT2D eigenvalue weighted by Crippen LogP contribution is -2.21. The molecule has 0 unspecified atom stereocenters. The first-order chi connectivity index (χ1) is 12.0. The van der Waals surface area contributed by atoms with Crippen LogP contribution >= 0.6 is 11.6 Å². The van der Waals surface area contributed by atoms with Crippen molar-refractivity contribution in [1.82, 2.24) is 0 Å². The van der Waals surface area contributed by atoms with E-state index >= 15 is 0 Å². The summed E-state index contributed by atoms with van der Waals surface area (Å²) in [6.07, 6.45) is 0. The van der Waals surface area contributed by atoms with Crippen LogP contribution in [0.25, 0.3) is 0 Å². The zero-order valence-electron chi connectivity index (χ0n) is 13.5. The van der Waals surface area contributed by atoms with Crippen LogP contribution in [0.5, 0.6) is 11.5 Å². The Morgan fingerprint density at radius 3 is 2.32 bits per heavy atom. The fourth-order valence-electron chi connectivity index (χ4n) is 2.03. The molecule has 2 rings (SSSR count). The first-order valence-corrected chi connectivity index (χ1v) is 7.47. The van der Waals surface area contributed by atoms with Crippen molar-refractivity contribution in [3.05, 3.63) is 52.8 Å². The molecule has 0 aliphatic carbocycles. The summed E-state index contributed by atoms with van der Waals surface area (Å²) in [5.74, 6) is -1.43. The number of ether oxygens (including phenoxy) is 3. The molecular formula is C17H15ClFNO5. The molecule has 0 radical (unpaired) electrons. The molecule has 0 aromatic heterocycles. The standard InChI is InChI=1S/C17H15ClFNO5/c1-23-13-4-3-5-14(24-2)16(13)17(22)25-9-15(21)20-12-7-6-10(19)8-11(12)18/h3-8H,9H2,1-2H3,(H,20,21). The van der Waals surface area contributed by atoms with E-state index in [0.717, 1.165) is 12.1 Å². The summed E-state index contributed by atoms with van der Waals surface area (Å²) >= 11 is 5.82. The van der Waals surface area contributed by atoms with Crippen LogP contribution in [0.4, 0.5) is 10.1 Å². The Morgan fingerprint density at radius 2 is 1.76 bits per heavy atom. The van der Waals surface area contributed by atoms with Gasteiger partial charge < -0.3 is 19.5 Å². The maximum absolute atomic E-state index is 13.0. The summed E-state index contributed by atoms with van der Waals surface area (Å²) in [6.45, 7) is -0.562. The van der Waals surface area contributed by atoms with Gasteiger partial charge in [0.15, 0.2) is 6.61 Å². The number of hydrogen-bond donors (Lipinski definition) is 1. The second-order valence-electron chi connectivity index (χ2n) is 4.79. The number of nitrogens with one attached hydrogen (secondary N) is 1. The highest BCUT2D eigenvalue weighted by molar-refractivity contribution is 6.33. The van der Waals surface area contributed by atoms with Crippen molar-refractivity contribution in [2.45, 2.75) is 0 Å². The van der Waals surface area contributed by atoms with E-state index in [1.54, 1.807) is 18.2 Å². The number of carbonyl (C=O) groups is 2. The van der Waals surface area contributed by atoms with E-state index in [1.165, 1.54) is 20.3 Å². The fourth-order valence-corrected chi connectivity index (χ4v) is 2.25. The van der Waals surface area contributed by atoms with Gasteiger partial charge in [-0.25, -0.2) is 9.18 Å². The normalized spacial score (nSPS) is 10.1. The van der Waals surface area contributed by atoms with Gasteiger partial charge in [0.05, 0.1) is 24.9 Å². The maximum Gasteiger partial charge on any atom is 0.346 e. The average Bonchev–Trinajstić information content (AvgIpc) is 2.61. The molecule has 0 bridgehead atoms. The average molecular weight is 368 g/mol. The van der Waals surface area contributed by atoms with Crippen molar-refractivity contribution in [1.29, 1.82) is 0 Å². The third-order valence-corrected chi connectivity index (χ3v) is 3.48. The minimum absolute atomic E-state index is 0.0334. The number of anilines is 1. The lowest BCUT2D eigenvalue weighted by atomic mass is 10.2. The molecule has 0 spiro atoms. The molecule has 6 nitrogen and oxygen atoms in total. The molecule has 2 aromatic rings. The third kappa shape index (κ3) is 4.60. The van der Waals surface area contributed by atoms with E-state index in [4.69, 9.17) is 25.8 Å². The monoisotopic (exact) mass is 367 g/mol. The Hall–Kier alpha value is -2.80. The fraction of sp³-hybridized carbons (Fsp3) is 0.176. The number of hydrogen-bond acceptors (Lipinski definition) is 5. The van der Waals surface area contributed by atoms with Gasteiger partial charge in [0.2, 0.25) is 0 Å². The van der Waals surface area contributed by atoms with Crippen molar-refractivity contribution >= 4 is 29.2 Å². The van der Waals surface area contributed by atoms with Gasteiger partial charge in [-0.05, 0) is 30.3 Å². The van der Waals surface area contributed by atoms with Crippen LogP contribution in [0.1, 0.15) is 10.4 Å². The molecule has 132 valence electrons. The van der Waals surface area contributed by atoms with Crippen LogP contribution < -0.4 is 14.8 Å². The zero-order chi connectivity index (χ0) is 18.4. The number of carbonyl (C=O) groups excluding carboxylic acids is 2. The SMILES string of the molecule is COc1cccc(OC)c1C(=O)OCC(=O)Nc1ccc(F)cc1Cl. The Kier molecular flexibility index (Phi) is 6.19. The minimum atomic E-state index is -0.783. The van der Waals surface area contributed by atoms with Crippen LogP contribution in [0, 0.1) is 5.82 Å². The van der Waals surface area contributed by atoms with Crippen molar-refractivity contribution in [3.63, 3.8) is 0 Å². The summed E-state index contributed by atoms with van der Waals surface area (Å²) < 4.78 is 28.2. The van der Waals surface area contributed by atoms with Crippen molar-refractivity contribution in [3.8, 4) is 11.5 Å². The molecular weight excluding hydrogens is 353 g/mol. The van der Waals surface area contributed by atoms with Crippen LogP contribution in [0.15, 0.2) is 36.4 Å². The maximum atomic E-state index is 13.0. The van der Waals surface area contributed by atoms with Crippen LogP contribution in [-0.2, 0) is 9.53 Å². The molecule has 1 amide bonds. The molecule has 0 aliphatic heterocycles. The van der Waals surface area contributed by atoms with Crippen LogP contribution in [-0.4, -0.2) is 32.7 Å². The molecule has 25 heavy (non-hydrogen) atoms. The number of amides is 1. The number of esters is 1. The summed E-state index contributed by atoms with van der Waals surface area (Å²) in [5, 5.41) is 2.46. The van der Waals surface area contributed by atoms with Gasteiger partial charge >= 0.3 is 5.97 Å². The molecule has 0 saturated carbocycles. The highest BCUT2D eigenvalue weighted by Crippen LogP contribution is 2.29. The molecule has 0 atom stereocenters. The Morgan fingerprint density at radius 1 is 1.12 bits per heavy atom. The Labute approximate surface area is 148 Å². The quantitative estimate of drug-likeness (QED) is 0.793. The minimum Gasteiger partial charge on any atom is -0.496 e. The molecule has 8 heteroatoms. The van der Waals surface area contributed by atoms with E-state index < -0.39 is 24.3 Å². The van der Waals surface area contributed by atoms with Crippen LogP contribution in [0.3, 0.4) is 0 Å². The van der Waals surface area contributed by atoms with E-state index in [1.807, 2.05) is 0 Å².